The van der Waals surface area contributed by atoms with Gasteiger partial charge in [0, 0.05) is 36.2 Å². The zero-order valence-corrected chi connectivity index (χ0v) is 18.1. The van der Waals surface area contributed by atoms with Crippen LogP contribution in [0.3, 0.4) is 0 Å². The second-order valence-electron chi connectivity index (χ2n) is 8.21. The highest BCUT2D eigenvalue weighted by Crippen LogP contribution is 2.42. The number of amides is 2. The van der Waals surface area contributed by atoms with Crippen LogP contribution in [-0.4, -0.2) is 31.4 Å². The topological polar surface area (TPSA) is 93.8 Å². The summed E-state index contributed by atoms with van der Waals surface area (Å²) in [7, 11) is 1.70. The van der Waals surface area contributed by atoms with E-state index in [0.717, 1.165) is 18.9 Å². The molecule has 1 aromatic carbocycles. The van der Waals surface area contributed by atoms with Crippen LogP contribution in [0.15, 0.2) is 42.6 Å². The number of halogens is 3. The molecular formula is C22H23F3N6O2. The fourth-order valence-electron chi connectivity index (χ4n) is 3.44. The van der Waals surface area contributed by atoms with Crippen LogP contribution in [0.1, 0.15) is 47.6 Å². The summed E-state index contributed by atoms with van der Waals surface area (Å²) in [5.74, 6) is -1.33. The summed E-state index contributed by atoms with van der Waals surface area (Å²) in [4.78, 5) is 25.0. The van der Waals surface area contributed by atoms with Crippen molar-refractivity contribution in [2.75, 3.05) is 10.6 Å². The fourth-order valence-corrected chi connectivity index (χ4v) is 3.44. The molecule has 11 heteroatoms. The number of aromatic nitrogens is 4. The van der Waals surface area contributed by atoms with Crippen molar-refractivity contribution in [2.24, 2.45) is 13.0 Å². The van der Waals surface area contributed by atoms with Gasteiger partial charge in [0.25, 0.3) is 5.91 Å². The molecule has 1 aliphatic rings. The summed E-state index contributed by atoms with van der Waals surface area (Å²) < 4.78 is 42.1. The van der Waals surface area contributed by atoms with E-state index in [9.17, 15) is 22.8 Å². The molecule has 0 spiro atoms. The molecule has 2 aromatic heterocycles. The van der Waals surface area contributed by atoms with Gasteiger partial charge in [0.15, 0.2) is 11.4 Å². The lowest BCUT2D eigenvalue weighted by molar-refractivity contribution is -0.141. The molecule has 0 aliphatic heterocycles. The number of rotatable bonds is 7. The van der Waals surface area contributed by atoms with Crippen molar-refractivity contribution >= 4 is 23.2 Å². The van der Waals surface area contributed by atoms with Crippen molar-refractivity contribution < 1.29 is 22.8 Å². The number of hydrogen-bond donors (Lipinski definition) is 2. The monoisotopic (exact) mass is 460 g/mol. The van der Waals surface area contributed by atoms with Gasteiger partial charge in [-0.15, -0.1) is 0 Å². The molecule has 3 aromatic rings. The predicted molar refractivity (Wildman–Crippen MR) is 115 cm³/mol. The number of aryl methyl sites for hydroxylation is 1. The highest BCUT2D eigenvalue weighted by Gasteiger charge is 2.38. The SMILES string of the molecule is CC(Cn1nc(C(F)(F)F)cc1C1CC1)C(=O)Nc1cccc(NC(=O)c2ccn(C)n2)c1. The van der Waals surface area contributed by atoms with E-state index < -0.39 is 17.8 Å². The van der Waals surface area contributed by atoms with Gasteiger partial charge in [0.05, 0.1) is 12.5 Å². The number of anilines is 2. The standard InChI is InChI=1S/C22H23F3N6O2/c1-13(12-31-18(14-6-7-14)11-19(29-31)22(23,24)25)20(32)26-15-4-3-5-16(10-15)27-21(33)17-8-9-30(2)28-17/h3-5,8-11,13-14H,6-7,12H2,1-2H3,(H,26,32)(H,27,33). The normalized spacial score (nSPS) is 14.7. The van der Waals surface area contributed by atoms with E-state index in [2.05, 4.69) is 20.8 Å². The van der Waals surface area contributed by atoms with E-state index in [0.29, 0.717) is 17.1 Å². The Bertz CT molecular complexity index is 1180. The molecule has 4 rings (SSSR count). The van der Waals surface area contributed by atoms with Gasteiger partial charge >= 0.3 is 6.18 Å². The van der Waals surface area contributed by atoms with Crippen molar-refractivity contribution in [3.8, 4) is 0 Å². The van der Waals surface area contributed by atoms with E-state index in [1.807, 2.05) is 0 Å². The maximum Gasteiger partial charge on any atom is 0.435 e. The average Bonchev–Trinajstić information content (AvgIpc) is 3.34. The highest BCUT2D eigenvalue weighted by molar-refractivity contribution is 6.03. The maximum atomic E-state index is 13.1. The number of nitrogens with one attached hydrogen (secondary N) is 2. The number of carbonyl (C=O) groups excluding carboxylic acids is 2. The second kappa shape index (κ2) is 8.72. The Labute approximate surface area is 187 Å². The smallest absolute Gasteiger partial charge is 0.326 e. The molecule has 0 bridgehead atoms. The van der Waals surface area contributed by atoms with Crippen LogP contribution < -0.4 is 10.6 Å². The van der Waals surface area contributed by atoms with Crippen LogP contribution >= 0.6 is 0 Å². The minimum absolute atomic E-state index is 0.0316. The summed E-state index contributed by atoms with van der Waals surface area (Å²) in [5.41, 5.74) is 0.748. The van der Waals surface area contributed by atoms with E-state index in [-0.39, 0.29) is 30.0 Å². The molecule has 2 amide bonds. The Morgan fingerprint density at radius 1 is 1.12 bits per heavy atom. The van der Waals surface area contributed by atoms with Gasteiger partial charge in [-0.3, -0.25) is 19.0 Å². The lowest BCUT2D eigenvalue weighted by atomic mass is 10.1. The van der Waals surface area contributed by atoms with Crippen LogP contribution in [0, 0.1) is 5.92 Å². The molecule has 0 radical (unpaired) electrons. The van der Waals surface area contributed by atoms with Crippen LogP contribution in [0.4, 0.5) is 24.5 Å². The third-order valence-corrected chi connectivity index (χ3v) is 5.33. The van der Waals surface area contributed by atoms with Gasteiger partial charge in [-0.2, -0.15) is 23.4 Å². The third-order valence-electron chi connectivity index (χ3n) is 5.33. The molecule has 2 heterocycles. The summed E-state index contributed by atoms with van der Waals surface area (Å²) in [6.45, 7) is 1.66. The number of benzene rings is 1. The Balaban J connectivity index is 1.41. The first-order valence-electron chi connectivity index (χ1n) is 10.5. The van der Waals surface area contributed by atoms with Crippen molar-refractivity contribution in [2.45, 2.75) is 38.4 Å². The number of hydrogen-bond acceptors (Lipinski definition) is 4. The molecule has 1 fully saturated rings. The molecule has 33 heavy (non-hydrogen) atoms. The summed E-state index contributed by atoms with van der Waals surface area (Å²) in [5, 5.41) is 13.2. The van der Waals surface area contributed by atoms with Gasteiger partial charge < -0.3 is 10.6 Å². The molecule has 174 valence electrons. The summed E-state index contributed by atoms with van der Waals surface area (Å²) >= 11 is 0. The quantitative estimate of drug-likeness (QED) is 0.557. The Morgan fingerprint density at radius 3 is 2.42 bits per heavy atom. The molecule has 1 aliphatic carbocycles. The van der Waals surface area contributed by atoms with Crippen LogP contribution in [0.25, 0.3) is 0 Å². The summed E-state index contributed by atoms with van der Waals surface area (Å²) in [6.07, 6.45) is -1.24. The lowest BCUT2D eigenvalue weighted by Gasteiger charge is -2.15. The van der Waals surface area contributed by atoms with Gasteiger partial charge in [-0.05, 0) is 43.2 Å². The van der Waals surface area contributed by atoms with Gasteiger partial charge in [0.1, 0.15) is 0 Å². The van der Waals surface area contributed by atoms with Gasteiger partial charge in [-0.1, -0.05) is 13.0 Å². The Morgan fingerprint density at radius 2 is 1.82 bits per heavy atom. The predicted octanol–water partition coefficient (Wildman–Crippen LogP) is 4.04. The average molecular weight is 460 g/mol. The first-order valence-corrected chi connectivity index (χ1v) is 10.5. The Hall–Kier alpha value is -3.63. The minimum Gasteiger partial charge on any atom is -0.326 e. The fraction of sp³-hybridized carbons (Fsp3) is 0.364. The van der Waals surface area contributed by atoms with Crippen molar-refractivity contribution in [1.29, 1.82) is 0 Å². The van der Waals surface area contributed by atoms with Crippen LogP contribution in [0.2, 0.25) is 0 Å². The maximum absolute atomic E-state index is 13.1. The Kier molecular flexibility index (Phi) is 5.96. The molecule has 0 saturated heterocycles. The van der Waals surface area contributed by atoms with Gasteiger partial charge in [0.2, 0.25) is 5.91 Å². The van der Waals surface area contributed by atoms with Gasteiger partial charge in [-0.25, -0.2) is 0 Å². The zero-order chi connectivity index (χ0) is 23.8. The van der Waals surface area contributed by atoms with E-state index in [1.165, 1.54) is 9.36 Å². The number of alkyl halides is 3. The third kappa shape index (κ3) is 5.41. The highest BCUT2D eigenvalue weighted by atomic mass is 19.4. The molecule has 2 N–H and O–H groups in total. The molecule has 8 nitrogen and oxygen atoms in total. The molecule has 1 atom stereocenters. The molecular weight excluding hydrogens is 437 g/mol. The van der Waals surface area contributed by atoms with E-state index >= 15 is 0 Å². The van der Waals surface area contributed by atoms with E-state index in [1.54, 1.807) is 50.5 Å². The second-order valence-corrected chi connectivity index (χ2v) is 8.21. The lowest BCUT2D eigenvalue weighted by Crippen LogP contribution is -2.25. The number of nitrogens with zero attached hydrogens (tertiary/aromatic N) is 4. The largest absolute Gasteiger partial charge is 0.435 e. The molecule has 1 saturated carbocycles. The first-order chi connectivity index (χ1) is 15.6. The zero-order valence-electron chi connectivity index (χ0n) is 18.1. The van der Waals surface area contributed by atoms with Crippen LogP contribution in [0.5, 0.6) is 0 Å². The number of carbonyl (C=O) groups is 2. The molecule has 1 unspecified atom stereocenters. The van der Waals surface area contributed by atoms with Crippen molar-refractivity contribution in [3.63, 3.8) is 0 Å². The van der Waals surface area contributed by atoms with Crippen molar-refractivity contribution in [1.82, 2.24) is 19.6 Å². The van der Waals surface area contributed by atoms with Crippen molar-refractivity contribution in [3.05, 3.63) is 59.7 Å². The van der Waals surface area contributed by atoms with Crippen LogP contribution in [-0.2, 0) is 24.6 Å². The summed E-state index contributed by atoms with van der Waals surface area (Å²) in [6, 6.07) is 9.25. The first kappa shape index (κ1) is 22.6. The minimum atomic E-state index is -4.53. The van der Waals surface area contributed by atoms with E-state index in [4.69, 9.17) is 0 Å².